The van der Waals surface area contributed by atoms with Crippen LogP contribution in [0.2, 0.25) is 0 Å². The fourth-order valence-electron chi connectivity index (χ4n) is 1.47. The highest BCUT2D eigenvalue weighted by Crippen LogP contribution is 2.05. The predicted octanol–water partition coefficient (Wildman–Crippen LogP) is -0.116. The summed E-state index contributed by atoms with van der Waals surface area (Å²) in [7, 11) is 0. The first-order valence-electron chi connectivity index (χ1n) is 5.17. The average Bonchev–Trinajstić information content (AvgIpc) is 2.77. The summed E-state index contributed by atoms with van der Waals surface area (Å²) in [4.78, 5) is 10.9. The van der Waals surface area contributed by atoms with Crippen molar-refractivity contribution in [2.45, 2.75) is 13.1 Å². The molecule has 1 aromatic carbocycles. The minimum Gasteiger partial charge on any atom is -0.366 e. The summed E-state index contributed by atoms with van der Waals surface area (Å²) in [5.74, 6) is -0.428. The minimum atomic E-state index is -0.428. The Balaban J connectivity index is 2.10. The van der Waals surface area contributed by atoms with Crippen LogP contribution in [0.15, 0.2) is 30.5 Å². The highest BCUT2D eigenvalue weighted by molar-refractivity contribution is 5.92. The van der Waals surface area contributed by atoms with Gasteiger partial charge in [0.25, 0.3) is 0 Å². The van der Waals surface area contributed by atoms with Gasteiger partial charge >= 0.3 is 0 Å². The molecule has 0 spiro atoms. The number of carbonyl (C=O) groups excluding carboxylic acids is 1. The third-order valence-electron chi connectivity index (χ3n) is 2.38. The Bertz CT molecular complexity index is 517. The van der Waals surface area contributed by atoms with E-state index in [1.54, 1.807) is 23.0 Å². The van der Waals surface area contributed by atoms with Crippen LogP contribution < -0.4 is 11.5 Å². The monoisotopic (exact) mass is 231 g/mol. The lowest BCUT2D eigenvalue weighted by Gasteiger charge is -2.01. The lowest BCUT2D eigenvalue weighted by Crippen LogP contribution is -2.10. The normalized spacial score (nSPS) is 10.4. The third-order valence-corrected chi connectivity index (χ3v) is 2.38. The number of amides is 1. The van der Waals surface area contributed by atoms with E-state index in [2.05, 4.69) is 10.3 Å². The Morgan fingerprint density at radius 1 is 1.29 bits per heavy atom. The molecule has 6 heteroatoms. The van der Waals surface area contributed by atoms with Crippen LogP contribution in [0.4, 0.5) is 0 Å². The molecule has 0 aliphatic carbocycles. The average molecular weight is 231 g/mol. The van der Waals surface area contributed by atoms with Crippen molar-refractivity contribution >= 4 is 5.91 Å². The molecule has 0 saturated heterocycles. The number of nitrogens with zero attached hydrogens (tertiary/aromatic N) is 3. The lowest BCUT2D eigenvalue weighted by molar-refractivity contribution is 0.100. The minimum absolute atomic E-state index is 0.376. The van der Waals surface area contributed by atoms with E-state index in [0.717, 1.165) is 11.3 Å². The van der Waals surface area contributed by atoms with Gasteiger partial charge in [-0.15, -0.1) is 5.10 Å². The summed E-state index contributed by atoms with van der Waals surface area (Å²) in [6.07, 6.45) is 1.79. The topological polar surface area (TPSA) is 99.8 Å². The van der Waals surface area contributed by atoms with Crippen LogP contribution in [0.1, 0.15) is 21.6 Å². The van der Waals surface area contributed by atoms with Crippen molar-refractivity contribution in [1.82, 2.24) is 15.0 Å². The quantitative estimate of drug-likeness (QED) is 0.766. The Kier molecular flexibility index (Phi) is 3.15. The maximum Gasteiger partial charge on any atom is 0.248 e. The summed E-state index contributed by atoms with van der Waals surface area (Å²) in [6, 6.07) is 7.06. The van der Waals surface area contributed by atoms with Gasteiger partial charge in [0.05, 0.1) is 18.4 Å². The molecule has 6 nitrogen and oxygen atoms in total. The van der Waals surface area contributed by atoms with Crippen LogP contribution in [0, 0.1) is 0 Å². The van der Waals surface area contributed by atoms with Gasteiger partial charge in [-0.3, -0.25) is 4.79 Å². The van der Waals surface area contributed by atoms with Gasteiger partial charge in [0.2, 0.25) is 5.91 Å². The van der Waals surface area contributed by atoms with E-state index >= 15 is 0 Å². The van der Waals surface area contributed by atoms with Crippen LogP contribution in [-0.2, 0) is 13.1 Å². The van der Waals surface area contributed by atoms with Gasteiger partial charge in [-0.2, -0.15) is 0 Å². The molecule has 1 amide bonds. The number of aromatic nitrogens is 3. The van der Waals surface area contributed by atoms with Gasteiger partial charge in [0.15, 0.2) is 0 Å². The first-order chi connectivity index (χ1) is 8.19. The van der Waals surface area contributed by atoms with Gasteiger partial charge in [-0.25, -0.2) is 4.68 Å². The molecule has 0 unspecified atom stereocenters. The third kappa shape index (κ3) is 2.67. The number of primary amides is 1. The van der Waals surface area contributed by atoms with Crippen LogP contribution in [-0.4, -0.2) is 20.9 Å². The van der Waals surface area contributed by atoms with Gasteiger partial charge in [0, 0.05) is 12.1 Å². The number of hydrogen-bond acceptors (Lipinski definition) is 4. The summed E-state index contributed by atoms with van der Waals surface area (Å²) in [6.45, 7) is 0.965. The first kappa shape index (κ1) is 11.3. The van der Waals surface area contributed by atoms with E-state index in [1.165, 1.54) is 0 Å². The zero-order valence-corrected chi connectivity index (χ0v) is 9.21. The maximum atomic E-state index is 10.9. The molecule has 1 heterocycles. The fraction of sp³-hybridized carbons (Fsp3) is 0.182. The molecule has 2 rings (SSSR count). The van der Waals surface area contributed by atoms with Crippen molar-refractivity contribution < 1.29 is 4.79 Å². The summed E-state index contributed by atoms with van der Waals surface area (Å²) in [5, 5.41) is 7.83. The zero-order valence-electron chi connectivity index (χ0n) is 9.21. The van der Waals surface area contributed by atoms with E-state index in [0.29, 0.717) is 18.7 Å². The Hall–Kier alpha value is -2.21. The summed E-state index contributed by atoms with van der Waals surface area (Å²) >= 11 is 0. The van der Waals surface area contributed by atoms with Gasteiger partial charge < -0.3 is 11.5 Å². The van der Waals surface area contributed by atoms with Crippen LogP contribution >= 0.6 is 0 Å². The number of rotatable bonds is 4. The van der Waals surface area contributed by atoms with Crippen molar-refractivity contribution in [3.8, 4) is 0 Å². The lowest BCUT2D eigenvalue weighted by atomic mass is 10.1. The van der Waals surface area contributed by atoms with E-state index in [1.807, 2.05) is 12.1 Å². The van der Waals surface area contributed by atoms with Gasteiger partial charge in [-0.05, 0) is 17.7 Å². The second-order valence-electron chi connectivity index (χ2n) is 3.67. The SMILES string of the molecule is NCc1cn(Cc2ccc(C(N)=O)cc2)nn1. The van der Waals surface area contributed by atoms with Crippen molar-refractivity contribution in [2.24, 2.45) is 11.5 Å². The smallest absolute Gasteiger partial charge is 0.248 e. The Morgan fingerprint density at radius 2 is 2.00 bits per heavy atom. The van der Waals surface area contributed by atoms with E-state index in [-0.39, 0.29) is 0 Å². The van der Waals surface area contributed by atoms with E-state index in [4.69, 9.17) is 11.5 Å². The molecule has 4 N–H and O–H groups in total. The fourth-order valence-corrected chi connectivity index (χ4v) is 1.47. The van der Waals surface area contributed by atoms with Crippen molar-refractivity contribution in [3.63, 3.8) is 0 Å². The van der Waals surface area contributed by atoms with Gasteiger partial charge in [0.1, 0.15) is 0 Å². The molecule has 17 heavy (non-hydrogen) atoms. The molecule has 88 valence electrons. The standard InChI is InChI=1S/C11H13N5O/c12-5-10-7-16(15-14-10)6-8-1-3-9(4-2-8)11(13)17/h1-4,7H,5-6,12H2,(H2,13,17). The molecule has 0 bridgehead atoms. The van der Waals surface area contributed by atoms with Crippen LogP contribution in [0.5, 0.6) is 0 Å². The number of benzene rings is 1. The largest absolute Gasteiger partial charge is 0.366 e. The maximum absolute atomic E-state index is 10.9. The number of hydrogen-bond donors (Lipinski definition) is 2. The Labute approximate surface area is 98.2 Å². The summed E-state index contributed by atoms with van der Waals surface area (Å²) < 4.78 is 1.70. The second kappa shape index (κ2) is 4.75. The van der Waals surface area contributed by atoms with E-state index < -0.39 is 5.91 Å². The second-order valence-corrected chi connectivity index (χ2v) is 3.67. The molecule has 0 radical (unpaired) electrons. The molecule has 0 fully saturated rings. The molecular weight excluding hydrogens is 218 g/mol. The van der Waals surface area contributed by atoms with E-state index in [9.17, 15) is 4.79 Å². The zero-order chi connectivity index (χ0) is 12.3. The molecule has 1 aromatic heterocycles. The number of carbonyl (C=O) groups is 1. The first-order valence-corrected chi connectivity index (χ1v) is 5.17. The van der Waals surface area contributed by atoms with Crippen LogP contribution in [0.3, 0.4) is 0 Å². The number of nitrogens with two attached hydrogens (primary N) is 2. The van der Waals surface area contributed by atoms with Crippen molar-refractivity contribution in [1.29, 1.82) is 0 Å². The van der Waals surface area contributed by atoms with Crippen molar-refractivity contribution in [2.75, 3.05) is 0 Å². The molecule has 2 aromatic rings. The highest BCUT2D eigenvalue weighted by atomic mass is 16.1. The molecule has 0 atom stereocenters. The molecular formula is C11H13N5O. The molecule has 0 aliphatic heterocycles. The van der Waals surface area contributed by atoms with Crippen LogP contribution in [0.25, 0.3) is 0 Å². The highest BCUT2D eigenvalue weighted by Gasteiger charge is 2.02. The predicted molar refractivity (Wildman–Crippen MR) is 62.0 cm³/mol. The molecule has 0 aliphatic rings. The molecule has 0 saturated carbocycles. The summed E-state index contributed by atoms with van der Waals surface area (Å²) in [5.41, 5.74) is 12.9. The Morgan fingerprint density at radius 3 is 2.53 bits per heavy atom. The van der Waals surface area contributed by atoms with Gasteiger partial charge in [-0.1, -0.05) is 17.3 Å². The van der Waals surface area contributed by atoms with Crippen molar-refractivity contribution in [3.05, 3.63) is 47.3 Å².